The van der Waals surface area contributed by atoms with Gasteiger partial charge in [0, 0.05) is 19.7 Å². The molecule has 33 heavy (non-hydrogen) atoms. The number of hydrogen-bond donors (Lipinski definition) is 0. The molecular weight excluding hydrogens is 448 g/mol. The van der Waals surface area contributed by atoms with Crippen LogP contribution in [0.3, 0.4) is 0 Å². The van der Waals surface area contributed by atoms with Crippen LogP contribution in [0.25, 0.3) is 0 Å². The molecule has 0 aliphatic heterocycles. The molecule has 2 aromatic rings. The van der Waals surface area contributed by atoms with Crippen molar-refractivity contribution >= 4 is 21.9 Å². The van der Waals surface area contributed by atoms with E-state index in [4.69, 9.17) is 14.2 Å². The number of ether oxygens (including phenoxy) is 3. The monoisotopic (exact) mass is 478 g/mol. The summed E-state index contributed by atoms with van der Waals surface area (Å²) in [6.07, 6.45) is 0. The largest absolute Gasteiger partial charge is 0.497 e. The van der Waals surface area contributed by atoms with E-state index in [1.54, 1.807) is 30.3 Å². The zero-order valence-corrected chi connectivity index (χ0v) is 20.6. The number of amides is 1. The molecule has 0 unspecified atom stereocenters. The molecule has 9 nitrogen and oxygen atoms in total. The van der Waals surface area contributed by atoms with Crippen molar-refractivity contribution in [1.82, 2.24) is 9.21 Å². The number of carbonyl (C=O) groups is 2. The van der Waals surface area contributed by atoms with Crippen molar-refractivity contribution in [2.45, 2.75) is 25.3 Å². The lowest BCUT2D eigenvalue weighted by molar-refractivity contribution is -0.147. The number of methoxy groups -OCH3 is 3. The van der Waals surface area contributed by atoms with E-state index in [9.17, 15) is 18.0 Å². The van der Waals surface area contributed by atoms with Crippen LogP contribution in [-0.2, 0) is 30.9 Å². The van der Waals surface area contributed by atoms with E-state index in [0.717, 1.165) is 15.4 Å². The van der Waals surface area contributed by atoms with Crippen molar-refractivity contribution in [3.8, 4) is 11.5 Å². The lowest BCUT2D eigenvalue weighted by atomic mass is 10.1. The topological polar surface area (TPSA) is 102 Å². The Bertz CT molecular complexity index is 1090. The van der Waals surface area contributed by atoms with Gasteiger partial charge in [0.25, 0.3) is 0 Å². The first-order valence-corrected chi connectivity index (χ1v) is 11.6. The summed E-state index contributed by atoms with van der Waals surface area (Å²) in [4.78, 5) is 26.3. The first-order chi connectivity index (χ1) is 15.5. The molecular formula is C23H30N2O7S. The minimum absolute atomic E-state index is 0.0268. The van der Waals surface area contributed by atoms with Gasteiger partial charge in [0.2, 0.25) is 15.9 Å². The SMILES string of the molecule is COC(=O)CN(Cc1cc(OC)cc(OC)c1)C(=O)CN(C)S(=O)(=O)c1ccc(C)c(C)c1. The fraction of sp³-hybridized carbons (Fsp3) is 0.391. The van der Waals surface area contributed by atoms with E-state index in [1.807, 2.05) is 13.8 Å². The van der Waals surface area contributed by atoms with Crippen molar-refractivity contribution < 1.29 is 32.2 Å². The third kappa shape index (κ3) is 6.69. The number of sulfonamides is 1. The van der Waals surface area contributed by atoms with Crippen LogP contribution in [0.2, 0.25) is 0 Å². The lowest BCUT2D eigenvalue weighted by Gasteiger charge is -2.25. The number of likely N-dealkylation sites (N-methyl/N-ethyl adjacent to an activating group) is 1. The molecule has 0 radical (unpaired) electrons. The average molecular weight is 479 g/mol. The van der Waals surface area contributed by atoms with Crippen molar-refractivity contribution in [2.24, 2.45) is 0 Å². The fourth-order valence-electron chi connectivity index (χ4n) is 3.06. The highest BCUT2D eigenvalue weighted by Gasteiger charge is 2.27. The third-order valence-corrected chi connectivity index (χ3v) is 7.03. The molecule has 0 N–H and O–H groups in total. The predicted molar refractivity (Wildman–Crippen MR) is 123 cm³/mol. The molecule has 2 rings (SSSR count). The Morgan fingerprint density at radius 3 is 2.00 bits per heavy atom. The summed E-state index contributed by atoms with van der Waals surface area (Å²) >= 11 is 0. The molecule has 0 spiro atoms. The van der Waals surface area contributed by atoms with Gasteiger partial charge < -0.3 is 19.1 Å². The van der Waals surface area contributed by atoms with Gasteiger partial charge in [-0.2, -0.15) is 4.31 Å². The normalized spacial score (nSPS) is 11.2. The first kappa shape index (κ1) is 26.1. The molecule has 180 valence electrons. The maximum atomic E-state index is 13.1. The number of nitrogens with zero attached hydrogens (tertiary/aromatic N) is 2. The summed E-state index contributed by atoms with van der Waals surface area (Å²) in [5, 5.41) is 0. The summed E-state index contributed by atoms with van der Waals surface area (Å²) in [7, 11) is 1.64. The van der Waals surface area contributed by atoms with Gasteiger partial charge in [0.05, 0.1) is 32.8 Å². The smallest absolute Gasteiger partial charge is 0.325 e. The second-order valence-corrected chi connectivity index (χ2v) is 9.60. The van der Waals surface area contributed by atoms with E-state index in [0.29, 0.717) is 17.1 Å². The summed E-state index contributed by atoms with van der Waals surface area (Å²) in [5.41, 5.74) is 2.43. The summed E-state index contributed by atoms with van der Waals surface area (Å²) in [6.45, 7) is 2.94. The van der Waals surface area contributed by atoms with Crippen molar-refractivity contribution in [3.63, 3.8) is 0 Å². The van der Waals surface area contributed by atoms with Crippen molar-refractivity contribution in [1.29, 1.82) is 0 Å². The summed E-state index contributed by atoms with van der Waals surface area (Å²) in [5.74, 6) is -0.150. The second kappa shape index (κ2) is 11.2. The number of aryl methyl sites for hydroxylation is 2. The van der Waals surface area contributed by atoms with Gasteiger partial charge in [-0.15, -0.1) is 0 Å². The zero-order chi connectivity index (χ0) is 24.8. The Hall–Kier alpha value is -3.11. The van der Waals surface area contributed by atoms with Gasteiger partial charge in [0.1, 0.15) is 18.0 Å². The van der Waals surface area contributed by atoms with E-state index >= 15 is 0 Å². The standard InChI is InChI=1S/C23H30N2O7S/c1-16-7-8-21(9-17(16)2)33(28,29)24(3)14-22(26)25(15-23(27)32-6)13-18-10-19(30-4)12-20(11-18)31-5/h7-12H,13-15H2,1-6H3. The van der Waals surface area contributed by atoms with Crippen molar-refractivity contribution in [3.05, 3.63) is 53.1 Å². The van der Waals surface area contributed by atoms with Gasteiger partial charge in [-0.1, -0.05) is 6.07 Å². The van der Waals surface area contributed by atoms with Crippen LogP contribution in [0.5, 0.6) is 11.5 Å². The van der Waals surface area contributed by atoms with Crippen LogP contribution >= 0.6 is 0 Å². The predicted octanol–water partition coefficient (Wildman–Crippen LogP) is 2.14. The lowest BCUT2D eigenvalue weighted by Crippen LogP contribution is -2.43. The summed E-state index contributed by atoms with van der Waals surface area (Å²) in [6, 6.07) is 9.89. The Balaban J connectivity index is 2.28. The average Bonchev–Trinajstić information content (AvgIpc) is 2.79. The van der Waals surface area contributed by atoms with Gasteiger partial charge in [-0.05, 0) is 54.8 Å². The minimum atomic E-state index is -3.91. The third-order valence-electron chi connectivity index (χ3n) is 5.23. The number of esters is 1. The van der Waals surface area contributed by atoms with E-state index in [-0.39, 0.29) is 18.0 Å². The van der Waals surface area contributed by atoms with Gasteiger partial charge in [-0.3, -0.25) is 9.59 Å². The van der Waals surface area contributed by atoms with Gasteiger partial charge >= 0.3 is 5.97 Å². The number of rotatable bonds is 10. The van der Waals surface area contributed by atoms with Gasteiger partial charge in [-0.25, -0.2) is 8.42 Å². The Labute approximate surface area is 194 Å². The van der Waals surface area contributed by atoms with Crippen molar-refractivity contribution in [2.75, 3.05) is 41.5 Å². The molecule has 0 saturated heterocycles. The molecule has 0 fully saturated rings. The molecule has 1 amide bonds. The highest BCUT2D eigenvalue weighted by molar-refractivity contribution is 7.89. The van der Waals surface area contributed by atoms with Crippen LogP contribution in [-0.4, -0.2) is 71.0 Å². The van der Waals surface area contributed by atoms with E-state index in [1.165, 1.54) is 39.3 Å². The molecule has 0 aliphatic carbocycles. The molecule has 0 aliphatic rings. The number of hydrogen-bond acceptors (Lipinski definition) is 7. The highest BCUT2D eigenvalue weighted by atomic mass is 32.2. The first-order valence-electron chi connectivity index (χ1n) is 10.1. The fourth-order valence-corrected chi connectivity index (χ4v) is 4.27. The molecule has 0 bridgehead atoms. The molecule has 10 heteroatoms. The Morgan fingerprint density at radius 2 is 1.48 bits per heavy atom. The van der Waals surface area contributed by atoms with Crippen LogP contribution in [0.4, 0.5) is 0 Å². The Morgan fingerprint density at radius 1 is 0.879 bits per heavy atom. The minimum Gasteiger partial charge on any atom is -0.497 e. The van der Waals surface area contributed by atoms with Crippen LogP contribution < -0.4 is 9.47 Å². The van der Waals surface area contributed by atoms with E-state index in [2.05, 4.69) is 0 Å². The highest BCUT2D eigenvalue weighted by Crippen LogP contribution is 2.24. The summed E-state index contributed by atoms with van der Waals surface area (Å²) < 4.78 is 42.2. The second-order valence-electron chi connectivity index (χ2n) is 7.55. The molecule has 0 saturated carbocycles. The molecule has 0 heterocycles. The molecule has 0 atom stereocenters. The van der Waals surface area contributed by atoms with Crippen LogP contribution in [0.15, 0.2) is 41.3 Å². The quantitative estimate of drug-likeness (QED) is 0.482. The van der Waals surface area contributed by atoms with Crippen LogP contribution in [0.1, 0.15) is 16.7 Å². The molecule has 2 aromatic carbocycles. The Kier molecular flexibility index (Phi) is 8.84. The maximum Gasteiger partial charge on any atom is 0.325 e. The van der Waals surface area contributed by atoms with Gasteiger partial charge in [0.15, 0.2) is 0 Å². The number of benzene rings is 2. The van der Waals surface area contributed by atoms with Crippen LogP contribution in [0, 0.1) is 13.8 Å². The maximum absolute atomic E-state index is 13.1. The number of carbonyl (C=O) groups excluding carboxylic acids is 2. The molecule has 0 aromatic heterocycles. The van der Waals surface area contributed by atoms with E-state index < -0.39 is 28.4 Å². The zero-order valence-electron chi connectivity index (χ0n) is 19.7.